The molecule has 0 spiro atoms. The van der Waals surface area contributed by atoms with Crippen molar-refractivity contribution in [1.82, 2.24) is 10.6 Å². The van der Waals surface area contributed by atoms with Gasteiger partial charge in [0.05, 0.1) is 13.7 Å². The molecule has 0 saturated carbocycles. The Hall–Kier alpha value is -1.59. The predicted octanol–water partition coefficient (Wildman–Crippen LogP) is 1.87. The molecule has 0 bridgehead atoms. The highest BCUT2D eigenvalue weighted by atomic mass is 35.5. The van der Waals surface area contributed by atoms with Crippen LogP contribution in [0.3, 0.4) is 0 Å². The van der Waals surface area contributed by atoms with Crippen LogP contribution in [0.4, 0.5) is 4.79 Å². The predicted molar refractivity (Wildman–Crippen MR) is 68.4 cm³/mol. The van der Waals surface area contributed by atoms with Gasteiger partial charge in [-0.2, -0.15) is 0 Å². The van der Waals surface area contributed by atoms with E-state index in [2.05, 4.69) is 15.4 Å². The minimum atomic E-state index is -0.766. The summed E-state index contributed by atoms with van der Waals surface area (Å²) in [5.41, 5.74) is 0.966. The van der Waals surface area contributed by atoms with E-state index in [-0.39, 0.29) is 12.6 Å². The van der Waals surface area contributed by atoms with Crippen LogP contribution < -0.4 is 10.6 Å². The number of hydrogen-bond acceptors (Lipinski definition) is 4. The van der Waals surface area contributed by atoms with Crippen molar-refractivity contribution in [2.45, 2.75) is 13.0 Å². The van der Waals surface area contributed by atoms with Crippen LogP contribution in [0, 0.1) is 0 Å². The fourth-order valence-electron chi connectivity index (χ4n) is 1.35. The molecule has 1 atom stereocenters. The second kappa shape index (κ2) is 6.98. The highest BCUT2D eigenvalue weighted by Gasteiger charge is 2.10. The maximum absolute atomic E-state index is 11.3. The molecule has 2 N–H and O–H groups in total. The van der Waals surface area contributed by atoms with Crippen molar-refractivity contribution in [3.8, 4) is 0 Å². The van der Waals surface area contributed by atoms with Crippen LogP contribution >= 0.6 is 11.6 Å². The number of nitrogens with one attached hydrogen (secondary N) is 2. The summed E-state index contributed by atoms with van der Waals surface area (Å²) in [5, 5.41) is 5.68. The first kappa shape index (κ1) is 14.5. The molecule has 0 unspecified atom stereocenters. The Morgan fingerprint density at radius 3 is 2.78 bits per heavy atom. The Morgan fingerprint density at radius 1 is 1.44 bits per heavy atom. The second-order valence-electron chi connectivity index (χ2n) is 3.70. The zero-order chi connectivity index (χ0) is 13.5. The van der Waals surface area contributed by atoms with E-state index in [1.54, 1.807) is 6.07 Å². The number of amides is 2. The summed E-state index contributed by atoms with van der Waals surface area (Å²) in [6.45, 7) is 1.92. The number of hydrogen-bond donors (Lipinski definition) is 2. The summed E-state index contributed by atoms with van der Waals surface area (Å²) >= 11 is 5.87. The van der Waals surface area contributed by atoms with Gasteiger partial charge in [0, 0.05) is 11.1 Å². The summed E-state index contributed by atoms with van der Waals surface area (Å²) in [5.74, 6) is -0.448. The average molecular weight is 271 g/mol. The number of alkyl carbamates (subject to hydrolysis) is 1. The molecular formula is C12H15ClN2O3. The Balaban J connectivity index is 2.44. The molecule has 1 aromatic rings. The molecule has 2 amide bonds. The zero-order valence-electron chi connectivity index (χ0n) is 10.2. The highest BCUT2D eigenvalue weighted by molar-refractivity contribution is 6.30. The Morgan fingerprint density at radius 2 is 2.17 bits per heavy atom. The molecule has 0 heterocycles. The van der Waals surface area contributed by atoms with Crippen molar-refractivity contribution in [2.24, 2.45) is 0 Å². The van der Waals surface area contributed by atoms with E-state index in [0.717, 1.165) is 5.56 Å². The third-order valence-corrected chi connectivity index (χ3v) is 2.58. The number of benzene rings is 1. The number of rotatable bonds is 4. The van der Waals surface area contributed by atoms with Gasteiger partial charge in [-0.3, -0.25) is 10.1 Å². The van der Waals surface area contributed by atoms with E-state index in [4.69, 9.17) is 11.6 Å². The Labute approximate surface area is 110 Å². The lowest BCUT2D eigenvalue weighted by Gasteiger charge is -2.13. The maximum atomic E-state index is 11.3. The molecule has 6 heteroatoms. The second-order valence-corrected chi connectivity index (χ2v) is 4.13. The van der Waals surface area contributed by atoms with Crippen molar-refractivity contribution in [1.29, 1.82) is 0 Å². The number of halogens is 1. The summed E-state index contributed by atoms with van der Waals surface area (Å²) in [6, 6.07) is 7.29. The summed E-state index contributed by atoms with van der Waals surface area (Å²) in [4.78, 5) is 22.1. The number of carbonyl (C=O) groups excluding carboxylic acids is 2. The van der Waals surface area contributed by atoms with E-state index < -0.39 is 12.0 Å². The third kappa shape index (κ3) is 4.73. The molecule has 0 aromatic heterocycles. The van der Waals surface area contributed by atoms with Crippen molar-refractivity contribution in [3.05, 3.63) is 34.9 Å². The van der Waals surface area contributed by atoms with Gasteiger partial charge in [0.25, 0.3) is 0 Å². The van der Waals surface area contributed by atoms with E-state index >= 15 is 0 Å². The number of carbonyl (C=O) groups is 2. The molecule has 0 radical (unpaired) electrons. The van der Waals surface area contributed by atoms with Crippen molar-refractivity contribution in [3.63, 3.8) is 0 Å². The topological polar surface area (TPSA) is 67.4 Å². The fourth-order valence-corrected chi connectivity index (χ4v) is 1.55. The zero-order valence-corrected chi connectivity index (χ0v) is 11.0. The maximum Gasteiger partial charge on any atom is 0.413 e. The van der Waals surface area contributed by atoms with Gasteiger partial charge < -0.3 is 10.1 Å². The normalized spacial score (nSPS) is 11.7. The highest BCUT2D eigenvalue weighted by Crippen LogP contribution is 2.16. The first-order valence-corrected chi connectivity index (χ1v) is 5.77. The van der Waals surface area contributed by atoms with Crippen molar-refractivity contribution >= 4 is 23.6 Å². The minimum absolute atomic E-state index is 0.0166. The average Bonchev–Trinajstić information content (AvgIpc) is 2.35. The monoisotopic (exact) mass is 270 g/mol. The third-order valence-electron chi connectivity index (χ3n) is 2.34. The quantitative estimate of drug-likeness (QED) is 0.877. The van der Waals surface area contributed by atoms with Gasteiger partial charge in [-0.15, -0.1) is 0 Å². The van der Waals surface area contributed by atoms with Crippen LogP contribution in [0.1, 0.15) is 18.5 Å². The van der Waals surface area contributed by atoms with Gasteiger partial charge in [-0.25, -0.2) is 4.79 Å². The van der Waals surface area contributed by atoms with Crippen LogP contribution in [-0.2, 0) is 9.53 Å². The molecule has 0 saturated heterocycles. The number of methoxy groups -OCH3 is 1. The standard InChI is InChI=1S/C12H15ClN2O3/c1-8(9-4-3-5-10(13)6-9)14-7-11(16)15-12(17)18-2/h3-6,8,14H,7H2,1-2H3,(H,15,16,17)/t8-/m1/s1. The molecule has 1 aromatic carbocycles. The lowest BCUT2D eigenvalue weighted by atomic mass is 10.1. The van der Waals surface area contributed by atoms with E-state index in [1.807, 2.05) is 25.1 Å². The molecular weight excluding hydrogens is 256 g/mol. The number of ether oxygens (including phenoxy) is 1. The van der Waals surface area contributed by atoms with Gasteiger partial charge in [-0.05, 0) is 24.6 Å². The summed E-state index contributed by atoms with van der Waals surface area (Å²) in [6.07, 6.45) is -0.766. The summed E-state index contributed by atoms with van der Waals surface area (Å²) < 4.78 is 4.31. The molecule has 5 nitrogen and oxygen atoms in total. The molecule has 0 aliphatic rings. The van der Waals surface area contributed by atoms with Crippen molar-refractivity contribution < 1.29 is 14.3 Å². The van der Waals surface area contributed by atoms with Crippen molar-refractivity contribution in [2.75, 3.05) is 13.7 Å². The van der Waals surface area contributed by atoms with Crippen LogP contribution in [0.25, 0.3) is 0 Å². The van der Waals surface area contributed by atoms with Crippen LogP contribution in [0.15, 0.2) is 24.3 Å². The SMILES string of the molecule is COC(=O)NC(=O)CN[C@H](C)c1cccc(Cl)c1. The van der Waals surface area contributed by atoms with E-state index in [0.29, 0.717) is 5.02 Å². The first-order valence-electron chi connectivity index (χ1n) is 5.39. The molecule has 0 fully saturated rings. The van der Waals surface area contributed by atoms with E-state index in [1.165, 1.54) is 7.11 Å². The van der Waals surface area contributed by atoms with Crippen LogP contribution in [0.2, 0.25) is 5.02 Å². The smallest absolute Gasteiger partial charge is 0.413 e. The molecule has 0 aliphatic carbocycles. The Kier molecular flexibility index (Phi) is 5.61. The molecule has 98 valence electrons. The fraction of sp³-hybridized carbons (Fsp3) is 0.333. The van der Waals surface area contributed by atoms with Crippen LogP contribution in [-0.4, -0.2) is 25.7 Å². The lowest BCUT2D eigenvalue weighted by Crippen LogP contribution is -2.38. The first-order chi connectivity index (χ1) is 8.52. The minimum Gasteiger partial charge on any atom is -0.453 e. The van der Waals surface area contributed by atoms with Crippen LogP contribution in [0.5, 0.6) is 0 Å². The van der Waals surface area contributed by atoms with E-state index in [9.17, 15) is 9.59 Å². The number of imide groups is 1. The molecule has 1 rings (SSSR count). The van der Waals surface area contributed by atoms with Gasteiger partial charge >= 0.3 is 6.09 Å². The largest absolute Gasteiger partial charge is 0.453 e. The molecule has 18 heavy (non-hydrogen) atoms. The summed E-state index contributed by atoms with van der Waals surface area (Å²) in [7, 11) is 1.20. The van der Waals surface area contributed by atoms with Gasteiger partial charge in [0.2, 0.25) is 5.91 Å². The van der Waals surface area contributed by atoms with Gasteiger partial charge in [-0.1, -0.05) is 23.7 Å². The Bertz CT molecular complexity index is 437. The van der Waals surface area contributed by atoms with Gasteiger partial charge in [0.15, 0.2) is 0 Å². The lowest BCUT2D eigenvalue weighted by molar-refractivity contribution is -0.119. The van der Waals surface area contributed by atoms with Gasteiger partial charge in [0.1, 0.15) is 0 Å². The molecule has 0 aliphatic heterocycles.